The van der Waals surface area contributed by atoms with E-state index in [4.69, 9.17) is 10.7 Å². The number of halogens is 1. The average molecular weight is 442 g/mol. The van der Waals surface area contributed by atoms with Crippen molar-refractivity contribution in [1.29, 1.82) is 5.26 Å². The Kier molecular flexibility index (Phi) is 4.32. The van der Waals surface area contributed by atoms with E-state index in [-0.39, 0.29) is 17.3 Å². The molecule has 1 aliphatic heterocycles. The van der Waals surface area contributed by atoms with Gasteiger partial charge in [-0.25, -0.2) is 9.37 Å². The normalized spacial score (nSPS) is 21.8. The second kappa shape index (κ2) is 7.15. The molecular weight excluding hydrogens is 417 g/mol. The number of pyridine rings is 2. The van der Waals surface area contributed by atoms with Gasteiger partial charge in [-0.15, -0.1) is 0 Å². The van der Waals surface area contributed by atoms with Crippen molar-refractivity contribution in [3.05, 3.63) is 48.2 Å². The summed E-state index contributed by atoms with van der Waals surface area (Å²) in [4.78, 5) is 14.7. The van der Waals surface area contributed by atoms with E-state index in [2.05, 4.69) is 26.3 Å². The fourth-order valence-electron chi connectivity index (χ4n) is 5.36. The molecular formula is C25H24FN7. The molecule has 6 rings (SSSR count). The topological polar surface area (TPSA) is 107 Å². The average Bonchev–Trinajstić information content (AvgIpc) is 3.13. The van der Waals surface area contributed by atoms with Crippen molar-refractivity contribution in [2.45, 2.75) is 25.8 Å². The van der Waals surface area contributed by atoms with Crippen LogP contribution in [0, 0.1) is 22.6 Å². The summed E-state index contributed by atoms with van der Waals surface area (Å²) in [5.74, 6) is -0.300. The Morgan fingerprint density at radius 3 is 2.91 bits per heavy atom. The summed E-state index contributed by atoms with van der Waals surface area (Å²) < 4.78 is 14.7. The monoisotopic (exact) mass is 441 g/mol. The van der Waals surface area contributed by atoms with E-state index in [0.29, 0.717) is 23.4 Å². The summed E-state index contributed by atoms with van der Waals surface area (Å²) in [5, 5.41) is 14.3. The van der Waals surface area contributed by atoms with Crippen molar-refractivity contribution in [2.24, 2.45) is 11.1 Å². The van der Waals surface area contributed by atoms with Crippen molar-refractivity contribution < 1.29 is 4.39 Å². The highest BCUT2D eigenvalue weighted by Crippen LogP contribution is 2.54. The molecule has 1 aromatic carbocycles. The minimum absolute atomic E-state index is 0.159. The van der Waals surface area contributed by atoms with Gasteiger partial charge in [0, 0.05) is 66.2 Å². The lowest BCUT2D eigenvalue weighted by molar-refractivity contribution is 0.553. The first kappa shape index (κ1) is 19.9. The molecule has 8 heteroatoms. The fourth-order valence-corrected chi connectivity index (χ4v) is 5.36. The first-order valence-electron chi connectivity index (χ1n) is 11.3. The summed E-state index contributed by atoms with van der Waals surface area (Å²) in [6, 6.07) is 7.31. The molecule has 1 aliphatic carbocycles. The predicted molar refractivity (Wildman–Crippen MR) is 128 cm³/mol. The van der Waals surface area contributed by atoms with Crippen LogP contribution in [0.15, 0.2) is 36.8 Å². The number of nitrogens with one attached hydrogen (secondary N) is 2. The minimum atomic E-state index is -0.300. The van der Waals surface area contributed by atoms with Crippen LogP contribution >= 0.6 is 0 Å². The highest BCUT2D eigenvalue weighted by molar-refractivity contribution is 6.17. The molecule has 0 bridgehead atoms. The van der Waals surface area contributed by atoms with Gasteiger partial charge >= 0.3 is 0 Å². The number of H-pyrrole nitrogens is 1. The lowest BCUT2D eigenvalue weighted by atomic mass is 10.0. The number of fused-ring (bicyclic) bond motifs is 3. The number of nitriles is 1. The Bertz CT molecular complexity index is 1450. The maximum absolute atomic E-state index is 14.7. The number of aromatic nitrogens is 3. The van der Waals surface area contributed by atoms with Gasteiger partial charge in [0.2, 0.25) is 0 Å². The second-order valence-corrected chi connectivity index (χ2v) is 9.19. The van der Waals surface area contributed by atoms with Crippen molar-refractivity contribution >= 4 is 33.3 Å². The van der Waals surface area contributed by atoms with Gasteiger partial charge in [-0.3, -0.25) is 4.98 Å². The number of hydrogen-bond acceptors (Lipinski definition) is 6. The van der Waals surface area contributed by atoms with Crippen molar-refractivity contribution in [2.75, 3.05) is 29.9 Å². The number of nitrogens with zero attached hydrogens (tertiary/aromatic N) is 4. The van der Waals surface area contributed by atoms with Gasteiger partial charge in [0.15, 0.2) is 0 Å². The van der Waals surface area contributed by atoms with Crippen LogP contribution < -0.4 is 16.0 Å². The third-order valence-corrected chi connectivity index (χ3v) is 7.17. The molecule has 4 heterocycles. The molecule has 4 N–H and O–H groups in total. The lowest BCUT2D eigenvalue weighted by Crippen LogP contribution is -2.23. The van der Waals surface area contributed by atoms with Gasteiger partial charge in [0.25, 0.3) is 0 Å². The van der Waals surface area contributed by atoms with Crippen molar-refractivity contribution in [3.63, 3.8) is 0 Å². The number of anilines is 2. The van der Waals surface area contributed by atoms with E-state index in [1.54, 1.807) is 18.5 Å². The number of rotatable bonds is 4. The number of benzene rings is 1. The molecule has 0 radical (unpaired) electrons. The van der Waals surface area contributed by atoms with Gasteiger partial charge in [-0.05, 0) is 38.0 Å². The van der Waals surface area contributed by atoms with Gasteiger partial charge < -0.3 is 20.9 Å². The molecule has 33 heavy (non-hydrogen) atoms. The Labute approximate surface area is 190 Å². The summed E-state index contributed by atoms with van der Waals surface area (Å²) in [6.07, 6.45) is 7.19. The number of aromatic amines is 1. The zero-order chi connectivity index (χ0) is 22.7. The largest absolute Gasteiger partial charge is 0.384 e. The Balaban J connectivity index is 1.65. The standard InChI is InChI=1S/C25H24FN7/c1-2-30-19-7-16(26)6-17-21-23(33-4-3-25(13-33)8-20(25)28)18(12-31-24(21)32-22(17)19)15-5-14(9-27)10-29-11-15/h5-7,10-12,20,30H,2-4,8,13,28H2,1H3,(H,31,32). The van der Waals surface area contributed by atoms with Crippen LogP contribution in [0.5, 0.6) is 0 Å². The Morgan fingerprint density at radius 1 is 1.33 bits per heavy atom. The van der Waals surface area contributed by atoms with Crippen LogP contribution in [0.4, 0.5) is 15.8 Å². The van der Waals surface area contributed by atoms with E-state index < -0.39 is 0 Å². The fraction of sp³-hybridized carbons (Fsp3) is 0.320. The van der Waals surface area contributed by atoms with Crippen molar-refractivity contribution in [1.82, 2.24) is 15.0 Å². The predicted octanol–water partition coefficient (Wildman–Crippen LogP) is 4.15. The van der Waals surface area contributed by atoms with Crippen LogP contribution in [0.1, 0.15) is 25.3 Å². The maximum Gasteiger partial charge on any atom is 0.140 e. The summed E-state index contributed by atoms with van der Waals surface area (Å²) in [5.41, 5.74) is 11.9. The van der Waals surface area contributed by atoms with E-state index in [1.165, 1.54) is 6.07 Å². The molecule has 0 amide bonds. The summed E-state index contributed by atoms with van der Waals surface area (Å²) >= 11 is 0. The molecule has 1 spiro atoms. The number of hydrogen-bond donors (Lipinski definition) is 3. The third kappa shape index (κ3) is 3.04. The maximum atomic E-state index is 14.7. The highest BCUT2D eigenvalue weighted by Gasteiger charge is 2.55. The van der Waals surface area contributed by atoms with E-state index in [1.807, 2.05) is 19.2 Å². The van der Waals surface area contributed by atoms with Gasteiger partial charge in [0.05, 0.1) is 27.8 Å². The molecule has 4 aromatic rings. The molecule has 2 fully saturated rings. The molecule has 2 atom stereocenters. The quantitative estimate of drug-likeness (QED) is 0.439. The molecule has 1 saturated carbocycles. The first-order valence-corrected chi connectivity index (χ1v) is 11.3. The van der Waals surface area contributed by atoms with Crippen LogP contribution in [-0.2, 0) is 0 Å². The highest BCUT2D eigenvalue weighted by atomic mass is 19.1. The van der Waals surface area contributed by atoms with Crippen molar-refractivity contribution in [3.8, 4) is 17.2 Å². The van der Waals surface area contributed by atoms with Gasteiger partial charge in [-0.2, -0.15) is 5.26 Å². The smallest absolute Gasteiger partial charge is 0.140 e. The molecule has 3 aromatic heterocycles. The Hall–Kier alpha value is -3.70. The van der Waals surface area contributed by atoms with E-state index >= 15 is 0 Å². The molecule has 166 valence electrons. The van der Waals surface area contributed by atoms with E-state index in [0.717, 1.165) is 59.0 Å². The van der Waals surface area contributed by atoms with E-state index in [9.17, 15) is 9.65 Å². The molecule has 2 aliphatic rings. The number of nitrogens with two attached hydrogens (primary N) is 1. The molecule has 1 saturated heterocycles. The lowest BCUT2D eigenvalue weighted by Gasteiger charge is -2.23. The van der Waals surface area contributed by atoms with Crippen LogP contribution in [0.2, 0.25) is 0 Å². The third-order valence-electron chi connectivity index (χ3n) is 7.17. The summed E-state index contributed by atoms with van der Waals surface area (Å²) in [6.45, 7) is 4.39. The molecule has 2 unspecified atom stereocenters. The van der Waals surface area contributed by atoms with Crippen LogP contribution in [0.25, 0.3) is 33.1 Å². The first-order chi connectivity index (χ1) is 16.0. The molecule has 7 nitrogen and oxygen atoms in total. The second-order valence-electron chi connectivity index (χ2n) is 9.19. The van der Waals surface area contributed by atoms with Crippen LogP contribution in [-0.4, -0.2) is 40.6 Å². The zero-order valence-electron chi connectivity index (χ0n) is 18.3. The van der Waals surface area contributed by atoms with Gasteiger partial charge in [0.1, 0.15) is 17.5 Å². The Morgan fingerprint density at radius 2 is 2.18 bits per heavy atom. The van der Waals surface area contributed by atoms with Crippen LogP contribution in [0.3, 0.4) is 0 Å². The zero-order valence-corrected chi connectivity index (χ0v) is 18.3. The summed E-state index contributed by atoms with van der Waals surface area (Å²) in [7, 11) is 0. The van der Waals surface area contributed by atoms with Gasteiger partial charge in [-0.1, -0.05) is 0 Å². The minimum Gasteiger partial charge on any atom is -0.384 e. The SMILES string of the molecule is CCNc1cc(F)cc2c1[nH]c1ncc(-c3cncc(C#N)c3)c(N3CCC4(CC4N)C3)c12.